The number of amides is 3. The average molecular weight is 473 g/mol. The third kappa shape index (κ3) is 5.45. The monoisotopic (exact) mass is 472 g/mol. The van der Waals surface area contributed by atoms with Gasteiger partial charge in [0.15, 0.2) is 5.69 Å². The second kappa shape index (κ2) is 10.9. The van der Waals surface area contributed by atoms with Crippen molar-refractivity contribution < 1.29 is 14.4 Å². The molecule has 1 aromatic rings. The van der Waals surface area contributed by atoms with E-state index >= 15 is 0 Å². The van der Waals surface area contributed by atoms with Crippen molar-refractivity contribution in [1.82, 2.24) is 30.2 Å². The zero-order valence-electron chi connectivity index (χ0n) is 20.8. The minimum Gasteiger partial charge on any atom is -0.351 e. The highest BCUT2D eigenvalue weighted by Gasteiger charge is 2.46. The Morgan fingerprint density at radius 2 is 1.76 bits per heavy atom. The zero-order chi connectivity index (χ0) is 24.1. The Bertz CT molecular complexity index is 885. The predicted octanol–water partition coefficient (Wildman–Crippen LogP) is 2.17. The van der Waals surface area contributed by atoms with Crippen molar-refractivity contribution >= 4 is 17.7 Å². The molecule has 2 fully saturated rings. The van der Waals surface area contributed by atoms with Crippen LogP contribution in [0.3, 0.4) is 0 Å². The number of carbonyl (C=O) groups is 3. The van der Waals surface area contributed by atoms with Gasteiger partial charge in [-0.15, -0.1) is 0 Å². The lowest BCUT2D eigenvalue weighted by Gasteiger charge is -2.41. The summed E-state index contributed by atoms with van der Waals surface area (Å²) < 4.78 is 1.52. The van der Waals surface area contributed by atoms with Gasteiger partial charge >= 0.3 is 0 Å². The van der Waals surface area contributed by atoms with Gasteiger partial charge in [-0.1, -0.05) is 32.1 Å². The van der Waals surface area contributed by atoms with E-state index in [1.807, 2.05) is 0 Å². The molecular formula is C25H40N6O3. The van der Waals surface area contributed by atoms with Crippen molar-refractivity contribution in [3.63, 3.8) is 0 Å². The van der Waals surface area contributed by atoms with Crippen molar-refractivity contribution in [2.45, 2.75) is 89.3 Å². The van der Waals surface area contributed by atoms with Gasteiger partial charge in [-0.25, -0.2) is 0 Å². The third-order valence-electron chi connectivity index (χ3n) is 7.80. The Kier molecular flexibility index (Phi) is 7.91. The summed E-state index contributed by atoms with van der Waals surface area (Å²) in [6, 6.07) is 1.71. The summed E-state index contributed by atoms with van der Waals surface area (Å²) in [5.41, 5.74) is -0.474. The van der Waals surface area contributed by atoms with E-state index in [4.69, 9.17) is 0 Å². The van der Waals surface area contributed by atoms with Gasteiger partial charge < -0.3 is 20.4 Å². The van der Waals surface area contributed by atoms with Crippen LogP contribution < -0.4 is 10.6 Å². The van der Waals surface area contributed by atoms with Crippen LogP contribution in [0.15, 0.2) is 6.07 Å². The fraction of sp³-hybridized carbons (Fsp3) is 0.760. The van der Waals surface area contributed by atoms with Crippen molar-refractivity contribution in [2.75, 3.05) is 33.2 Å². The maximum absolute atomic E-state index is 13.2. The van der Waals surface area contributed by atoms with Gasteiger partial charge in [0.05, 0.1) is 6.54 Å². The Morgan fingerprint density at radius 3 is 2.47 bits per heavy atom. The molecule has 0 bridgehead atoms. The minimum absolute atomic E-state index is 0.157. The van der Waals surface area contributed by atoms with Crippen molar-refractivity contribution in [1.29, 1.82) is 0 Å². The van der Waals surface area contributed by atoms with E-state index in [9.17, 15) is 14.4 Å². The minimum atomic E-state index is -1.05. The van der Waals surface area contributed by atoms with Gasteiger partial charge in [0.2, 0.25) is 5.91 Å². The number of carbonyl (C=O) groups excluding carboxylic acids is 3. The van der Waals surface area contributed by atoms with E-state index in [2.05, 4.69) is 20.6 Å². The van der Waals surface area contributed by atoms with Crippen LogP contribution >= 0.6 is 0 Å². The van der Waals surface area contributed by atoms with E-state index in [0.717, 1.165) is 51.7 Å². The largest absolute Gasteiger partial charge is 0.351 e. The number of likely N-dealkylation sites (tertiary alicyclic amines) is 1. The van der Waals surface area contributed by atoms with Gasteiger partial charge in [0.1, 0.15) is 11.2 Å². The first-order chi connectivity index (χ1) is 16.4. The molecule has 2 aliphatic heterocycles. The van der Waals surface area contributed by atoms with E-state index in [0.29, 0.717) is 12.2 Å². The van der Waals surface area contributed by atoms with Gasteiger partial charge in [0, 0.05) is 25.7 Å². The first kappa shape index (κ1) is 24.7. The summed E-state index contributed by atoms with van der Waals surface area (Å²) in [7, 11) is 1.65. The molecule has 0 spiro atoms. The van der Waals surface area contributed by atoms with E-state index in [1.54, 1.807) is 20.0 Å². The molecule has 1 saturated heterocycles. The quantitative estimate of drug-likeness (QED) is 0.593. The lowest BCUT2D eigenvalue weighted by atomic mass is 9.92. The molecule has 4 rings (SSSR count). The summed E-state index contributed by atoms with van der Waals surface area (Å²) in [5.74, 6) is -0.724. The van der Waals surface area contributed by atoms with Crippen LogP contribution in [-0.4, -0.2) is 82.1 Å². The normalized spacial score (nSPS) is 24.4. The SMILES string of the molecule is CN1C(=O)c2cc(C(=O)NCCCN3CCCCCC3)nn2C[C@@]1(C)C(=O)NC1CCCCC1. The highest BCUT2D eigenvalue weighted by atomic mass is 16.2. The topological polar surface area (TPSA) is 99.6 Å². The first-order valence-corrected chi connectivity index (χ1v) is 13.1. The fourth-order valence-electron chi connectivity index (χ4n) is 5.38. The molecular weight excluding hydrogens is 432 g/mol. The Morgan fingerprint density at radius 1 is 1.09 bits per heavy atom. The molecule has 3 aliphatic rings. The number of hydrogen-bond donors (Lipinski definition) is 2. The molecule has 3 heterocycles. The number of hydrogen-bond acceptors (Lipinski definition) is 5. The van der Waals surface area contributed by atoms with Crippen molar-refractivity contribution in [3.8, 4) is 0 Å². The predicted molar refractivity (Wildman–Crippen MR) is 130 cm³/mol. The van der Waals surface area contributed by atoms with Gasteiger partial charge in [-0.2, -0.15) is 5.10 Å². The van der Waals surface area contributed by atoms with E-state index in [-0.39, 0.29) is 36.0 Å². The van der Waals surface area contributed by atoms with Crippen LogP contribution in [0.1, 0.15) is 92.1 Å². The summed E-state index contributed by atoms with van der Waals surface area (Å²) >= 11 is 0. The second-order valence-corrected chi connectivity index (χ2v) is 10.4. The summed E-state index contributed by atoms with van der Waals surface area (Å²) in [4.78, 5) is 42.9. The smallest absolute Gasteiger partial charge is 0.272 e. The third-order valence-corrected chi connectivity index (χ3v) is 7.80. The molecule has 9 heteroatoms. The summed E-state index contributed by atoms with van der Waals surface area (Å²) in [6.07, 6.45) is 11.4. The first-order valence-electron chi connectivity index (χ1n) is 13.1. The Labute approximate surface area is 202 Å². The van der Waals surface area contributed by atoms with Crippen LogP contribution in [-0.2, 0) is 11.3 Å². The molecule has 0 radical (unpaired) electrons. The summed E-state index contributed by atoms with van der Waals surface area (Å²) in [5, 5.41) is 10.5. The van der Waals surface area contributed by atoms with Crippen molar-refractivity contribution in [3.05, 3.63) is 17.5 Å². The summed E-state index contributed by atoms with van der Waals surface area (Å²) in [6.45, 7) is 5.85. The number of likely N-dealkylation sites (N-methyl/N-ethyl adjacent to an activating group) is 1. The van der Waals surface area contributed by atoms with Gasteiger partial charge in [-0.05, 0) is 58.7 Å². The van der Waals surface area contributed by atoms with E-state index < -0.39 is 5.54 Å². The number of aromatic nitrogens is 2. The Hall–Kier alpha value is -2.42. The molecule has 1 atom stereocenters. The van der Waals surface area contributed by atoms with Crippen LogP contribution in [0.5, 0.6) is 0 Å². The van der Waals surface area contributed by atoms with Crippen molar-refractivity contribution in [2.24, 2.45) is 0 Å². The molecule has 1 aromatic heterocycles. The average Bonchev–Trinajstić information content (AvgIpc) is 3.08. The van der Waals surface area contributed by atoms with Crippen LogP contribution in [0.4, 0.5) is 0 Å². The highest BCUT2D eigenvalue weighted by molar-refractivity contribution is 6.01. The highest BCUT2D eigenvalue weighted by Crippen LogP contribution is 2.27. The molecule has 2 N–H and O–H groups in total. The lowest BCUT2D eigenvalue weighted by Crippen LogP contribution is -2.63. The molecule has 0 aromatic carbocycles. The van der Waals surface area contributed by atoms with Gasteiger partial charge in [-0.3, -0.25) is 19.1 Å². The lowest BCUT2D eigenvalue weighted by molar-refractivity contribution is -0.133. The Balaban J connectivity index is 1.34. The number of rotatable bonds is 7. The van der Waals surface area contributed by atoms with Crippen LogP contribution in [0, 0.1) is 0 Å². The standard InChI is InChI=1S/C25H40N6O3/c1-25(24(34)27-19-11-6-5-7-12-19)18-31-21(23(33)29(25)2)17-20(28-31)22(32)26-13-10-16-30-14-8-3-4-9-15-30/h17,19H,3-16,18H2,1-2H3,(H,26,32)(H,27,34)/t25-/m0/s1. The zero-order valence-corrected chi connectivity index (χ0v) is 20.8. The number of fused-ring (bicyclic) bond motifs is 1. The molecule has 3 amide bonds. The number of nitrogens with one attached hydrogen (secondary N) is 2. The fourth-order valence-corrected chi connectivity index (χ4v) is 5.38. The molecule has 188 valence electrons. The van der Waals surface area contributed by atoms with E-state index in [1.165, 1.54) is 41.7 Å². The molecule has 34 heavy (non-hydrogen) atoms. The molecule has 0 unspecified atom stereocenters. The number of nitrogens with zero attached hydrogens (tertiary/aromatic N) is 4. The van der Waals surface area contributed by atoms with Crippen LogP contribution in [0.25, 0.3) is 0 Å². The second-order valence-electron chi connectivity index (χ2n) is 10.4. The van der Waals surface area contributed by atoms with Crippen LogP contribution in [0.2, 0.25) is 0 Å². The molecule has 1 saturated carbocycles. The molecule has 9 nitrogen and oxygen atoms in total. The van der Waals surface area contributed by atoms with Gasteiger partial charge in [0.25, 0.3) is 11.8 Å². The molecule has 1 aliphatic carbocycles. The maximum atomic E-state index is 13.2. The maximum Gasteiger partial charge on any atom is 0.272 e.